The molecule has 1 unspecified atom stereocenters. The Morgan fingerprint density at radius 3 is 2.96 bits per heavy atom. The molecule has 1 aliphatic rings. The highest BCUT2D eigenvalue weighted by Crippen LogP contribution is 2.22. The van der Waals surface area contributed by atoms with Crippen molar-refractivity contribution in [1.29, 1.82) is 0 Å². The minimum Gasteiger partial charge on any atom is -0.337 e. The average Bonchev–Trinajstić information content (AvgIpc) is 2.62. The van der Waals surface area contributed by atoms with Gasteiger partial charge in [0.15, 0.2) is 0 Å². The van der Waals surface area contributed by atoms with Crippen molar-refractivity contribution in [2.75, 3.05) is 38.0 Å². The lowest BCUT2D eigenvalue weighted by Crippen LogP contribution is -2.55. The molecule has 0 saturated carbocycles. The summed E-state index contributed by atoms with van der Waals surface area (Å²) < 4.78 is 0. The molecule has 1 aromatic heterocycles. The number of aromatic nitrogens is 1. The van der Waals surface area contributed by atoms with E-state index in [9.17, 15) is 9.59 Å². The lowest BCUT2D eigenvalue weighted by Gasteiger charge is -2.34. The number of carbonyl (C=O) groups excluding carboxylic acids is 2. The van der Waals surface area contributed by atoms with E-state index in [1.165, 1.54) is 0 Å². The molecule has 2 heterocycles. The second-order valence-electron chi connectivity index (χ2n) is 6.58. The summed E-state index contributed by atoms with van der Waals surface area (Å²) in [5, 5.41) is 9.93. The fraction of sp³-hybridized carbons (Fsp3) is 0.421. The van der Waals surface area contributed by atoms with Gasteiger partial charge >= 0.3 is 6.03 Å². The van der Waals surface area contributed by atoms with E-state index in [1.807, 2.05) is 37.3 Å². The predicted molar refractivity (Wildman–Crippen MR) is 102 cm³/mol. The van der Waals surface area contributed by atoms with Crippen molar-refractivity contribution in [1.82, 2.24) is 20.5 Å². The monoisotopic (exact) mass is 355 g/mol. The van der Waals surface area contributed by atoms with Crippen molar-refractivity contribution in [2.24, 2.45) is 0 Å². The first kappa shape index (κ1) is 18.3. The standard InChI is InChI=1S/C19H25N5O2/c1-13-11-17(15-5-3-4-6-16(15)22-13)23-19(26)21-8-10-24-9-7-20-12-18(24)14(2)25/h3-6,11,18,20H,7-10,12H2,1-2H3,(H2,21,22,23,26). The number of nitrogens with one attached hydrogen (secondary N) is 3. The molecular formula is C19H25N5O2. The van der Waals surface area contributed by atoms with Gasteiger partial charge in [-0.25, -0.2) is 4.79 Å². The summed E-state index contributed by atoms with van der Waals surface area (Å²) in [5.74, 6) is 0.153. The Hall–Kier alpha value is -2.51. The lowest BCUT2D eigenvalue weighted by atomic mass is 10.1. The number of rotatable bonds is 5. The van der Waals surface area contributed by atoms with Gasteiger partial charge in [-0.15, -0.1) is 0 Å². The van der Waals surface area contributed by atoms with E-state index in [-0.39, 0.29) is 17.9 Å². The number of benzene rings is 1. The van der Waals surface area contributed by atoms with Crippen LogP contribution in [0.1, 0.15) is 12.6 Å². The molecule has 7 nitrogen and oxygen atoms in total. The summed E-state index contributed by atoms with van der Waals surface area (Å²) >= 11 is 0. The Morgan fingerprint density at radius 2 is 2.15 bits per heavy atom. The summed E-state index contributed by atoms with van der Waals surface area (Å²) in [6.45, 7) is 6.99. The van der Waals surface area contributed by atoms with Crippen LogP contribution in [0.25, 0.3) is 10.9 Å². The number of hydrogen-bond acceptors (Lipinski definition) is 5. The second kappa shape index (κ2) is 8.25. The van der Waals surface area contributed by atoms with E-state index in [0.717, 1.165) is 35.4 Å². The van der Waals surface area contributed by atoms with Crippen molar-refractivity contribution in [3.05, 3.63) is 36.0 Å². The van der Waals surface area contributed by atoms with Crippen molar-refractivity contribution in [3.8, 4) is 0 Å². The topological polar surface area (TPSA) is 86.4 Å². The molecule has 1 aromatic carbocycles. The number of amides is 2. The predicted octanol–water partition coefficient (Wildman–Crippen LogP) is 1.53. The van der Waals surface area contributed by atoms with Crippen LogP contribution in [0.4, 0.5) is 10.5 Å². The third-order valence-corrected chi connectivity index (χ3v) is 4.60. The first-order valence-corrected chi connectivity index (χ1v) is 8.91. The van der Waals surface area contributed by atoms with Crippen LogP contribution in [-0.4, -0.2) is 60.5 Å². The number of carbonyl (C=O) groups is 2. The number of Topliss-reactive ketones (excluding diaryl/α,β-unsaturated/α-hetero) is 1. The molecule has 1 aliphatic heterocycles. The van der Waals surface area contributed by atoms with Gasteiger partial charge in [-0.2, -0.15) is 0 Å². The zero-order valence-corrected chi connectivity index (χ0v) is 15.2. The molecule has 1 saturated heterocycles. The number of para-hydroxylation sites is 1. The van der Waals surface area contributed by atoms with E-state index >= 15 is 0 Å². The summed E-state index contributed by atoms with van der Waals surface area (Å²) in [6, 6.07) is 9.22. The number of ketones is 1. The van der Waals surface area contributed by atoms with Gasteiger partial charge in [0.05, 0.1) is 17.2 Å². The van der Waals surface area contributed by atoms with Gasteiger partial charge in [-0.3, -0.25) is 14.7 Å². The number of urea groups is 1. The van der Waals surface area contributed by atoms with Gasteiger partial charge in [0.2, 0.25) is 0 Å². The van der Waals surface area contributed by atoms with Gasteiger partial charge < -0.3 is 16.0 Å². The normalized spacial score (nSPS) is 17.8. The maximum atomic E-state index is 12.3. The van der Waals surface area contributed by atoms with Crippen molar-refractivity contribution in [2.45, 2.75) is 19.9 Å². The third-order valence-electron chi connectivity index (χ3n) is 4.60. The highest BCUT2D eigenvalue weighted by atomic mass is 16.2. The first-order chi connectivity index (χ1) is 12.5. The van der Waals surface area contributed by atoms with E-state index in [2.05, 4.69) is 25.8 Å². The first-order valence-electron chi connectivity index (χ1n) is 8.91. The summed E-state index contributed by atoms with van der Waals surface area (Å²) in [7, 11) is 0. The average molecular weight is 355 g/mol. The minimum absolute atomic E-state index is 0.111. The zero-order valence-electron chi connectivity index (χ0n) is 15.2. The van der Waals surface area contributed by atoms with Gasteiger partial charge in [0, 0.05) is 43.8 Å². The summed E-state index contributed by atoms with van der Waals surface area (Å²) in [5.41, 5.74) is 2.45. The second-order valence-corrected chi connectivity index (χ2v) is 6.58. The molecule has 26 heavy (non-hydrogen) atoms. The van der Waals surface area contributed by atoms with Crippen LogP contribution in [0, 0.1) is 6.92 Å². The highest BCUT2D eigenvalue weighted by molar-refractivity contribution is 6.00. The SMILES string of the molecule is CC(=O)C1CNCCN1CCNC(=O)Nc1cc(C)nc2ccccc12. The fourth-order valence-electron chi connectivity index (χ4n) is 3.31. The summed E-state index contributed by atoms with van der Waals surface area (Å²) in [4.78, 5) is 30.6. The van der Waals surface area contributed by atoms with Crippen LogP contribution >= 0.6 is 0 Å². The smallest absolute Gasteiger partial charge is 0.319 e. The number of piperazine rings is 1. The molecule has 2 amide bonds. The maximum absolute atomic E-state index is 12.3. The molecule has 3 rings (SSSR count). The number of anilines is 1. The zero-order chi connectivity index (χ0) is 18.5. The Balaban J connectivity index is 1.57. The molecule has 0 bridgehead atoms. The van der Waals surface area contributed by atoms with Crippen molar-refractivity contribution < 1.29 is 9.59 Å². The van der Waals surface area contributed by atoms with Gasteiger partial charge in [-0.1, -0.05) is 18.2 Å². The molecule has 3 N–H and O–H groups in total. The Kier molecular flexibility index (Phi) is 5.80. The Bertz CT molecular complexity index is 808. The molecule has 0 spiro atoms. The van der Waals surface area contributed by atoms with Crippen LogP contribution < -0.4 is 16.0 Å². The number of fused-ring (bicyclic) bond motifs is 1. The Morgan fingerprint density at radius 1 is 1.35 bits per heavy atom. The van der Waals surface area contributed by atoms with Crippen LogP contribution in [0.3, 0.4) is 0 Å². The summed E-state index contributed by atoms with van der Waals surface area (Å²) in [6.07, 6.45) is 0. The van der Waals surface area contributed by atoms with E-state index < -0.39 is 0 Å². The van der Waals surface area contributed by atoms with Crippen LogP contribution in [0.2, 0.25) is 0 Å². The van der Waals surface area contributed by atoms with Crippen LogP contribution in [0.5, 0.6) is 0 Å². The van der Waals surface area contributed by atoms with Gasteiger partial charge in [0.1, 0.15) is 5.78 Å². The molecule has 7 heteroatoms. The number of aryl methyl sites for hydroxylation is 1. The molecule has 138 valence electrons. The van der Waals surface area contributed by atoms with E-state index in [4.69, 9.17) is 0 Å². The number of nitrogens with zero attached hydrogens (tertiary/aromatic N) is 2. The van der Waals surface area contributed by atoms with Crippen molar-refractivity contribution in [3.63, 3.8) is 0 Å². The van der Waals surface area contributed by atoms with Gasteiger partial charge in [0.25, 0.3) is 0 Å². The van der Waals surface area contributed by atoms with Gasteiger partial charge in [-0.05, 0) is 26.0 Å². The van der Waals surface area contributed by atoms with Crippen LogP contribution in [0.15, 0.2) is 30.3 Å². The molecule has 0 aliphatic carbocycles. The molecular weight excluding hydrogens is 330 g/mol. The molecule has 0 radical (unpaired) electrons. The number of hydrogen-bond donors (Lipinski definition) is 3. The molecule has 1 atom stereocenters. The molecule has 1 fully saturated rings. The van der Waals surface area contributed by atoms with E-state index in [1.54, 1.807) is 6.92 Å². The highest BCUT2D eigenvalue weighted by Gasteiger charge is 2.25. The molecule has 2 aromatic rings. The van der Waals surface area contributed by atoms with E-state index in [0.29, 0.717) is 19.6 Å². The van der Waals surface area contributed by atoms with Crippen LogP contribution in [-0.2, 0) is 4.79 Å². The third kappa shape index (κ3) is 4.36. The van der Waals surface area contributed by atoms with Crippen molar-refractivity contribution >= 4 is 28.4 Å². The number of pyridine rings is 1. The lowest BCUT2D eigenvalue weighted by molar-refractivity contribution is -0.122. The Labute approximate surface area is 153 Å². The maximum Gasteiger partial charge on any atom is 0.319 e. The minimum atomic E-state index is -0.254. The quantitative estimate of drug-likeness (QED) is 0.757. The fourth-order valence-corrected chi connectivity index (χ4v) is 3.31. The largest absolute Gasteiger partial charge is 0.337 e.